The van der Waals surface area contributed by atoms with Gasteiger partial charge in [0.25, 0.3) is 5.91 Å². The van der Waals surface area contributed by atoms with E-state index in [1.807, 2.05) is 0 Å². The van der Waals surface area contributed by atoms with Crippen LogP contribution in [0, 0.1) is 0 Å². The van der Waals surface area contributed by atoms with Gasteiger partial charge in [0.15, 0.2) is 0 Å². The number of nitrogen functional groups attached to an aromatic ring is 1. The number of aliphatic hydroxyl groups is 1. The number of anilines is 1. The zero-order chi connectivity index (χ0) is 13.8. The number of carbonyl (C=O) groups excluding carboxylic acids is 1. The first kappa shape index (κ1) is 14.1. The number of aromatic nitrogens is 1. The van der Waals surface area contributed by atoms with Crippen molar-refractivity contribution in [3.8, 4) is 0 Å². The molecule has 1 saturated heterocycles. The lowest BCUT2D eigenvalue weighted by molar-refractivity contribution is 0.0599. The average Bonchev–Trinajstić information content (AvgIpc) is 2.65. The van der Waals surface area contributed by atoms with Gasteiger partial charge in [0, 0.05) is 6.54 Å². The Hall–Kier alpha value is -1.33. The van der Waals surface area contributed by atoms with Gasteiger partial charge in [0.2, 0.25) is 0 Å². The van der Waals surface area contributed by atoms with Crippen molar-refractivity contribution < 1.29 is 9.90 Å². The van der Waals surface area contributed by atoms with E-state index in [0.29, 0.717) is 17.8 Å². The molecular formula is C13H18ClN3O2. The molecule has 2 heterocycles. The van der Waals surface area contributed by atoms with Gasteiger partial charge in [-0.3, -0.25) is 4.79 Å². The minimum absolute atomic E-state index is 0.0287. The van der Waals surface area contributed by atoms with Crippen molar-refractivity contribution >= 4 is 23.2 Å². The molecule has 5 nitrogen and oxygen atoms in total. The third-order valence-corrected chi connectivity index (χ3v) is 3.74. The Morgan fingerprint density at radius 2 is 2.32 bits per heavy atom. The number of pyridine rings is 1. The second-order valence-corrected chi connectivity index (χ2v) is 5.15. The molecule has 0 aromatic carbocycles. The molecule has 0 radical (unpaired) electrons. The van der Waals surface area contributed by atoms with Crippen LogP contribution in [0.5, 0.6) is 0 Å². The Bertz CT molecular complexity index is 467. The normalized spacial score (nSPS) is 20.1. The monoisotopic (exact) mass is 283 g/mol. The van der Waals surface area contributed by atoms with Gasteiger partial charge in [0.1, 0.15) is 5.15 Å². The van der Waals surface area contributed by atoms with Gasteiger partial charge in [0.05, 0.1) is 30.1 Å². The van der Waals surface area contributed by atoms with Gasteiger partial charge in [-0.25, -0.2) is 4.98 Å². The number of likely N-dealkylation sites (tertiary alicyclic amines) is 1. The van der Waals surface area contributed by atoms with Gasteiger partial charge < -0.3 is 15.7 Å². The van der Waals surface area contributed by atoms with E-state index in [4.69, 9.17) is 17.3 Å². The number of carbonyl (C=O) groups is 1. The number of nitrogens with two attached hydrogens (primary N) is 1. The van der Waals surface area contributed by atoms with E-state index in [0.717, 1.165) is 25.7 Å². The van der Waals surface area contributed by atoms with Gasteiger partial charge in [-0.05, 0) is 18.9 Å². The summed E-state index contributed by atoms with van der Waals surface area (Å²) >= 11 is 5.97. The molecule has 1 unspecified atom stereocenters. The Morgan fingerprint density at radius 3 is 3.05 bits per heavy atom. The highest BCUT2D eigenvalue weighted by atomic mass is 35.5. The van der Waals surface area contributed by atoms with Crippen molar-refractivity contribution in [1.29, 1.82) is 0 Å². The standard InChI is InChI=1S/C13H18ClN3O2/c14-12-11(6-9(15)7-16-12)13(19)17-5-3-1-2-4-10(17)8-18/h6-7,10,18H,1-5,8,15H2. The molecule has 3 N–H and O–H groups in total. The fraction of sp³-hybridized carbons (Fsp3) is 0.538. The molecule has 2 rings (SSSR count). The van der Waals surface area contributed by atoms with Gasteiger partial charge in [-0.15, -0.1) is 0 Å². The lowest BCUT2D eigenvalue weighted by Crippen LogP contribution is -2.42. The SMILES string of the molecule is Nc1cnc(Cl)c(C(=O)N2CCCCCC2CO)c1. The largest absolute Gasteiger partial charge is 0.397 e. The number of nitrogens with zero attached hydrogens (tertiary/aromatic N) is 2. The van der Waals surface area contributed by atoms with E-state index in [2.05, 4.69) is 4.98 Å². The summed E-state index contributed by atoms with van der Waals surface area (Å²) in [6.07, 6.45) is 5.28. The Kier molecular flexibility index (Phi) is 4.61. The second kappa shape index (κ2) is 6.21. The molecule has 19 heavy (non-hydrogen) atoms. The van der Waals surface area contributed by atoms with E-state index in [9.17, 15) is 9.90 Å². The van der Waals surface area contributed by atoms with Crippen molar-refractivity contribution in [2.75, 3.05) is 18.9 Å². The summed E-state index contributed by atoms with van der Waals surface area (Å²) in [5.41, 5.74) is 6.36. The number of hydrogen-bond acceptors (Lipinski definition) is 4. The predicted octanol–water partition coefficient (Wildman–Crippen LogP) is 1.69. The summed E-state index contributed by atoms with van der Waals surface area (Å²) in [6, 6.07) is 1.39. The molecule has 1 amide bonds. The smallest absolute Gasteiger partial charge is 0.257 e. The summed E-state index contributed by atoms with van der Waals surface area (Å²) in [5.74, 6) is -0.203. The van der Waals surface area contributed by atoms with Crippen LogP contribution in [0.15, 0.2) is 12.3 Å². The van der Waals surface area contributed by atoms with Crippen molar-refractivity contribution in [1.82, 2.24) is 9.88 Å². The third kappa shape index (κ3) is 3.16. The fourth-order valence-corrected chi connectivity index (χ4v) is 2.59. The van der Waals surface area contributed by atoms with Crippen molar-refractivity contribution in [2.24, 2.45) is 0 Å². The van der Waals surface area contributed by atoms with Crippen LogP contribution in [0.1, 0.15) is 36.0 Å². The lowest BCUT2D eigenvalue weighted by atomic mass is 10.1. The fourth-order valence-electron chi connectivity index (χ4n) is 2.40. The maximum atomic E-state index is 12.5. The molecule has 1 aliphatic rings. The van der Waals surface area contributed by atoms with E-state index >= 15 is 0 Å². The summed E-state index contributed by atoms with van der Waals surface area (Å²) in [7, 11) is 0. The van der Waals surface area contributed by atoms with Gasteiger partial charge in [-0.1, -0.05) is 24.4 Å². The van der Waals surface area contributed by atoms with Crippen LogP contribution in [-0.2, 0) is 0 Å². The third-order valence-electron chi connectivity index (χ3n) is 3.44. The summed E-state index contributed by atoms with van der Waals surface area (Å²) in [5, 5.41) is 9.59. The maximum Gasteiger partial charge on any atom is 0.257 e. The highest BCUT2D eigenvalue weighted by molar-refractivity contribution is 6.32. The van der Waals surface area contributed by atoms with Gasteiger partial charge in [-0.2, -0.15) is 0 Å². The van der Waals surface area contributed by atoms with Gasteiger partial charge >= 0.3 is 0 Å². The zero-order valence-electron chi connectivity index (χ0n) is 10.7. The number of aliphatic hydroxyl groups excluding tert-OH is 1. The highest BCUT2D eigenvalue weighted by Gasteiger charge is 2.27. The Balaban J connectivity index is 2.27. The summed E-state index contributed by atoms with van der Waals surface area (Å²) in [6.45, 7) is 0.605. The number of amides is 1. The molecule has 1 atom stereocenters. The number of rotatable bonds is 2. The molecule has 0 bridgehead atoms. The van der Waals surface area contributed by atoms with E-state index in [1.54, 1.807) is 4.90 Å². The Morgan fingerprint density at radius 1 is 1.53 bits per heavy atom. The van der Waals surface area contributed by atoms with Crippen LogP contribution in [0.2, 0.25) is 5.15 Å². The molecule has 1 aromatic rings. The minimum atomic E-state index is -0.203. The molecule has 1 aliphatic heterocycles. The number of hydrogen-bond donors (Lipinski definition) is 2. The minimum Gasteiger partial charge on any atom is -0.397 e. The van der Waals surface area contributed by atoms with E-state index in [-0.39, 0.29) is 23.7 Å². The van der Waals surface area contributed by atoms with Crippen LogP contribution in [0.3, 0.4) is 0 Å². The van der Waals surface area contributed by atoms with E-state index < -0.39 is 0 Å². The van der Waals surface area contributed by atoms with Crippen LogP contribution >= 0.6 is 11.6 Å². The molecule has 6 heteroatoms. The first-order valence-electron chi connectivity index (χ1n) is 6.46. The van der Waals surface area contributed by atoms with Crippen LogP contribution in [-0.4, -0.2) is 40.1 Å². The first-order valence-corrected chi connectivity index (χ1v) is 6.84. The predicted molar refractivity (Wildman–Crippen MR) is 74.0 cm³/mol. The van der Waals surface area contributed by atoms with Crippen molar-refractivity contribution in [3.63, 3.8) is 0 Å². The lowest BCUT2D eigenvalue weighted by Gasteiger charge is -2.28. The Labute approximate surface area is 117 Å². The van der Waals surface area contributed by atoms with Crippen LogP contribution in [0.4, 0.5) is 5.69 Å². The van der Waals surface area contributed by atoms with Crippen LogP contribution in [0.25, 0.3) is 0 Å². The quantitative estimate of drug-likeness (QED) is 0.810. The van der Waals surface area contributed by atoms with Crippen molar-refractivity contribution in [3.05, 3.63) is 23.0 Å². The topological polar surface area (TPSA) is 79.5 Å². The van der Waals surface area contributed by atoms with Crippen molar-refractivity contribution in [2.45, 2.75) is 31.7 Å². The molecule has 104 valence electrons. The van der Waals surface area contributed by atoms with E-state index in [1.165, 1.54) is 12.3 Å². The van der Waals surface area contributed by atoms with Crippen LogP contribution < -0.4 is 5.73 Å². The molecule has 1 aromatic heterocycles. The number of halogens is 1. The molecule has 0 spiro atoms. The first-order chi connectivity index (χ1) is 9.13. The zero-order valence-corrected chi connectivity index (χ0v) is 11.4. The summed E-state index contributed by atoms with van der Waals surface area (Å²) < 4.78 is 0. The highest BCUT2D eigenvalue weighted by Crippen LogP contribution is 2.23. The average molecular weight is 284 g/mol. The molecule has 0 saturated carbocycles. The maximum absolute atomic E-state index is 12.5. The molecular weight excluding hydrogens is 266 g/mol. The summed E-state index contributed by atoms with van der Waals surface area (Å²) in [4.78, 5) is 18.1. The molecule has 0 aliphatic carbocycles. The second-order valence-electron chi connectivity index (χ2n) is 4.79. The molecule has 1 fully saturated rings.